The molecule has 1 aromatic carbocycles. The number of pyridine rings is 1. The van der Waals surface area contributed by atoms with Crippen LogP contribution in [0.15, 0.2) is 53.5 Å². The first-order valence-electron chi connectivity index (χ1n) is 10.9. The van der Waals surface area contributed by atoms with Gasteiger partial charge in [0.2, 0.25) is 5.91 Å². The fourth-order valence-electron chi connectivity index (χ4n) is 4.45. The summed E-state index contributed by atoms with van der Waals surface area (Å²) >= 11 is 1.58. The lowest BCUT2D eigenvalue weighted by molar-refractivity contribution is -0.135. The summed E-state index contributed by atoms with van der Waals surface area (Å²) in [5.41, 5.74) is 0.599. The lowest BCUT2D eigenvalue weighted by Gasteiger charge is -2.37. The molecular formula is C24H25N5O2S. The molecule has 1 aliphatic rings. The quantitative estimate of drug-likeness (QED) is 0.478. The highest BCUT2D eigenvalue weighted by Gasteiger charge is 2.30. The SMILES string of the molecule is CC[C@@H](C(=O)N1CCN(c2ccccn2)CC1)n1nc(C)c2sc3ccccc3c2c1=O. The van der Waals surface area contributed by atoms with Crippen molar-refractivity contribution >= 4 is 43.2 Å². The third-order valence-corrected chi connectivity index (χ3v) is 7.41. The third kappa shape index (κ3) is 3.44. The standard InChI is InChI=1S/C24H25N5O2S/c1-3-18(23(30)28-14-12-27(13-15-28)20-10-6-7-11-25-20)29-24(31)21-17-8-4-5-9-19(17)32-22(21)16(2)26-29/h4-11,18H,3,12-15H2,1-2H3/t18-/m0/s1. The number of aromatic nitrogens is 3. The van der Waals surface area contributed by atoms with Gasteiger partial charge in [-0.3, -0.25) is 9.59 Å². The molecule has 0 N–H and O–H groups in total. The number of piperazine rings is 1. The summed E-state index contributed by atoms with van der Waals surface area (Å²) in [4.78, 5) is 35.4. The maximum absolute atomic E-state index is 13.5. The number of fused-ring (bicyclic) bond motifs is 3. The number of aryl methyl sites for hydroxylation is 1. The van der Waals surface area contributed by atoms with Gasteiger partial charge >= 0.3 is 0 Å². The van der Waals surface area contributed by atoms with Crippen molar-refractivity contribution in [2.45, 2.75) is 26.3 Å². The summed E-state index contributed by atoms with van der Waals surface area (Å²) in [5.74, 6) is 0.885. The van der Waals surface area contributed by atoms with E-state index in [-0.39, 0.29) is 11.5 Å². The second-order valence-electron chi connectivity index (χ2n) is 8.06. The molecule has 1 saturated heterocycles. The lowest BCUT2D eigenvalue weighted by atomic mass is 10.1. The van der Waals surface area contributed by atoms with E-state index in [1.165, 1.54) is 4.68 Å². The molecule has 0 aliphatic carbocycles. The summed E-state index contributed by atoms with van der Waals surface area (Å²) in [6.45, 7) is 6.48. The second-order valence-corrected chi connectivity index (χ2v) is 9.11. The Morgan fingerprint density at radius 1 is 1.09 bits per heavy atom. The van der Waals surface area contributed by atoms with Crippen LogP contribution in [0.1, 0.15) is 25.1 Å². The van der Waals surface area contributed by atoms with E-state index < -0.39 is 6.04 Å². The fraction of sp³-hybridized carbons (Fsp3) is 0.333. The van der Waals surface area contributed by atoms with E-state index in [0.717, 1.165) is 39.4 Å². The minimum absolute atomic E-state index is 0.0407. The van der Waals surface area contributed by atoms with Gasteiger partial charge in [0.05, 0.1) is 15.8 Å². The number of benzene rings is 1. The Hall–Kier alpha value is -3.26. The molecule has 4 heterocycles. The van der Waals surface area contributed by atoms with Crippen LogP contribution in [-0.2, 0) is 4.79 Å². The minimum atomic E-state index is -0.606. The van der Waals surface area contributed by atoms with Crippen LogP contribution in [0.3, 0.4) is 0 Å². The van der Waals surface area contributed by atoms with Crippen molar-refractivity contribution in [3.8, 4) is 0 Å². The molecule has 1 amide bonds. The van der Waals surface area contributed by atoms with Crippen molar-refractivity contribution in [3.05, 3.63) is 64.7 Å². The summed E-state index contributed by atoms with van der Waals surface area (Å²) in [7, 11) is 0. The molecule has 1 fully saturated rings. The van der Waals surface area contributed by atoms with Crippen LogP contribution >= 0.6 is 11.3 Å². The van der Waals surface area contributed by atoms with Crippen LogP contribution in [-0.4, -0.2) is 51.8 Å². The number of hydrogen-bond acceptors (Lipinski definition) is 6. The van der Waals surface area contributed by atoms with Gasteiger partial charge < -0.3 is 9.80 Å². The van der Waals surface area contributed by atoms with Crippen LogP contribution in [0.25, 0.3) is 20.2 Å². The molecule has 3 aromatic heterocycles. The molecule has 0 radical (unpaired) electrons. The van der Waals surface area contributed by atoms with Gasteiger partial charge in [0.15, 0.2) is 0 Å². The van der Waals surface area contributed by atoms with E-state index in [4.69, 9.17) is 0 Å². The summed E-state index contributed by atoms with van der Waals surface area (Å²) < 4.78 is 3.38. The topological polar surface area (TPSA) is 71.3 Å². The van der Waals surface area contributed by atoms with E-state index >= 15 is 0 Å². The molecule has 0 unspecified atom stereocenters. The molecule has 0 spiro atoms. The largest absolute Gasteiger partial charge is 0.353 e. The Balaban J connectivity index is 1.45. The number of carbonyl (C=O) groups is 1. The monoisotopic (exact) mass is 447 g/mol. The number of carbonyl (C=O) groups excluding carboxylic acids is 1. The molecule has 0 bridgehead atoms. The van der Waals surface area contributed by atoms with Crippen molar-refractivity contribution < 1.29 is 4.79 Å². The molecule has 164 valence electrons. The van der Waals surface area contributed by atoms with Crippen molar-refractivity contribution in [3.63, 3.8) is 0 Å². The molecule has 1 atom stereocenters. The first kappa shape index (κ1) is 20.6. The Bertz CT molecular complexity index is 1340. The predicted octanol–water partition coefficient (Wildman–Crippen LogP) is 3.61. The first-order chi connectivity index (χ1) is 15.6. The Morgan fingerprint density at radius 3 is 2.56 bits per heavy atom. The van der Waals surface area contributed by atoms with Gasteiger partial charge in [-0.2, -0.15) is 5.10 Å². The Kier molecular flexibility index (Phi) is 5.38. The van der Waals surface area contributed by atoms with Gasteiger partial charge in [0.1, 0.15) is 11.9 Å². The van der Waals surface area contributed by atoms with Gasteiger partial charge in [-0.05, 0) is 31.5 Å². The number of thiophene rings is 1. The van der Waals surface area contributed by atoms with Gasteiger partial charge in [0.25, 0.3) is 5.56 Å². The van der Waals surface area contributed by atoms with Gasteiger partial charge in [0, 0.05) is 42.5 Å². The highest BCUT2D eigenvalue weighted by atomic mass is 32.1. The van der Waals surface area contributed by atoms with Crippen LogP contribution in [0.4, 0.5) is 5.82 Å². The molecule has 1 aliphatic heterocycles. The number of nitrogens with zero attached hydrogens (tertiary/aromatic N) is 5. The van der Waals surface area contributed by atoms with E-state index in [1.54, 1.807) is 17.5 Å². The van der Waals surface area contributed by atoms with Crippen molar-refractivity contribution in [2.75, 3.05) is 31.1 Å². The van der Waals surface area contributed by atoms with Crippen LogP contribution in [0, 0.1) is 6.92 Å². The van der Waals surface area contributed by atoms with Gasteiger partial charge in [-0.1, -0.05) is 31.2 Å². The van der Waals surface area contributed by atoms with Crippen LogP contribution in [0.5, 0.6) is 0 Å². The number of amides is 1. The normalized spacial score (nSPS) is 15.4. The average Bonchev–Trinajstić information content (AvgIpc) is 3.24. The number of anilines is 1. The van der Waals surface area contributed by atoms with E-state index in [1.807, 2.05) is 61.2 Å². The highest BCUT2D eigenvalue weighted by Crippen LogP contribution is 2.33. The first-order valence-corrected chi connectivity index (χ1v) is 11.8. The van der Waals surface area contributed by atoms with Crippen molar-refractivity contribution in [1.82, 2.24) is 19.7 Å². The fourth-order valence-corrected chi connectivity index (χ4v) is 5.58. The van der Waals surface area contributed by atoms with Crippen molar-refractivity contribution in [2.24, 2.45) is 0 Å². The maximum atomic E-state index is 13.5. The predicted molar refractivity (Wildman–Crippen MR) is 128 cm³/mol. The number of rotatable bonds is 4. The maximum Gasteiger partial charge on any atom is 0.276 e. The van der Waals surface area contributed by atoms with Gasteiger partial charge in [-0.25, -0.2) is 9.67 Å². The minimum Gasteiger partial charge on any atom is -0.353 e. The van der Waals surface area contributed by atoms with E-state index in [2.05, 4.69) is 15.0 Å². The van der Waals surface area contributed by atoms with Crippen LogP contribution in [0.2, 0.25) is 0 Å². The zero-order valence-corrected chi connectivity index (χ0v) is 19.0. The molecule has 4 aromatic rings. The van der Waals surface area contributed by atoms with Crippen molar-refractivity contribution in [1.29, 1.82) is 0 Å². The molecule has 7 nitrogen and oxygen atoms in total. The smallest absolute Gasteiger partial charge is 0.276 e. The number of hydrogen-bond donors (Lipinski definition) is 0. The molecule has 8 heteroatoms. The van der Waals surface area contributed by atoms with Gasteiger partial charge in [-0.15, -0.1) is 11.3 Å². The zero-order valence-electron chi connectivity index (χ0n) is 18.2. The van der Waals surface area contributed by atoms with E-state index in [0.29, 0.717) is 24.9 Å². The van der Waals surface area contributed by atoms with E-state index in [9.17, 15) is 9.59 Å². The molecule has 0 saturated carbocycles. The Labute approximate surface area is 189 Å². The second kappa shape index (κ2) is 8.35. The Morgan fingerprint density at radius 2 is 1.84 bits per heavy atom. The van der Waals surface area contributed by atoms with Crippen LogP contribution < -0.4 is 10.5 Å². The zero-order chi connectivity index (χ0) is 22.2. The molecular weight excluding hydrogens is 422 g/mol. The lowest BCUT2D eigenvalue weighted by Crippen LogP contribution is -2.51. The summed E-state index contributed by atoms with van der Waals surface area (Å²) in [6, 6.07) is 13.2. The average molecular weight is 448 g/mol. The molecule has 32 heavy (non-hydrogen) atoms. The molecule has 5 rings (SSSR count). The summed E-state index contributed by atoms with van der Waals surface area (Å²) in [6.07, 6.45) is 2.30. The third-order valence-electron chi connectivity index (χ3n) is 6.14. The summed E-state index contributed by atoms with van der Waals surface area (Å²) in [5, 5.41) is 6.20. The highest BCUT2D eigenvalue weighted by molar-refractivity contribution is 7.26.